The van der Waals surface area contributed by atoms with E-state index in [-0.39, 0.29) is 0 Å². The van der Waals surface area contributed by atoms with Crippen LogP contribution in [-0.4, -0.2) is 11.2 Å². The fourth-order valence-electron chi connectivity index (χ4n) is 1.97. The lowest BCUT2D eigenvalue weighted by Crippen LogP contribution is -2.15. The molecule has 3 rings (SSSR count). The minimum Gasteiger partial charge on any atom is -0.356 e. The van der Waals surface area contributed by atoms with Crippen LogP contribution in [0.5, 0.6) is 0 Å². The van der Waals surface area contributed by atoms with E-state index in [1.165, 1.54) is 18.4 Å². The van der Waals surface area contributed by atoms with Gasteiger partial charge < -0.3 is 9.84 Å². The Kier molecular flexibility index (Phi) is 3.15. The number of rotatable bonds is 5. The summed E-state index contributed by atoms with van der Waals surface area (Å²) < 4.78 is 5.39. The highest BCUT2D eigenvalue weighted by Crippen LogP contribution is 2.22. The van der Waals surface area contributed by atoms with Crippen molar-refractivity contribution in [1.82, 2.24) is 10.5 Å². The summed E-state index contributed by atoms with van der Waals surface area (Å²) in [6.45, 7) is 2.96. The Labute approximate surface area is 107 Å². The Morgan fingerprint density at radius 1 is 1.28 bits per heavy atom. The van der Waals surface area contributed by atoms with Crippen molar-refractivity contribution in [3.05, 3.63) is 41.6 Å². The molecule has 0 bridgehead atoms. The Bertz CT molecular complexity index is 512. The fraction of sp³-hybridized carbons (Fsp3) is 0.400. The maximum Gasteiger partial charge on any atom is 0.167 e. The minimum absolute atomic E-state index is 0.703. The zero-order valence-electron chi connectivity index (χ0n) is 10.6. The first-order chi connectivity index (χ1) is 8.85. The van der Waals surface area contributed by atoms with Crippen molar-refractivity contribution in [2.45, 2.75) is 38.8 Å². The third-order valence-electron chi connectivity index (χ3n) is 3.35. The summed E-state index contributed by atoms with van der Waals surface area (Å²) >= 11 is 0. The standard InChI is InChI=1S/C15H18N2O/c1-2-11-3-5-12(6-4-11)15-9-14(17-18-15)10-16-13-7-8-13/h3-6,9,13,16H,2,7-8,10H2,1H3. The molecule has 94 valence electrons. The molecule has 1 aromatic carbocycles. The summed E-state index contributed by atoms with van der Waals surface area (Å²) in [5.41, 5.74) is 3.42. The van der Waals surface area contributed by atoms with Gasteiger partial charge in [0.25, 0.3) is 0 Å². The van der Waals surface area contributed by atoms with Gasteiger partial charge in [0, 0.05) is 24.2 Å². The van der Waals surface area contributed by atoms with E-state index in [1.807, 2.05) is 6.07 Å². The van der Waals surface area contributed by atoms with Gasteiger partial charge in [0.2, 0.25) is 0 Å². The molecule has 1 aliphatic carbocycles. The Balaban J connectivity index is 1.70. The molecule has 0 aliphatic heterocycles. The third kappa shape index (κ3) is 2.62. The molecular weight excluding hydrogens is 224 g/mol. The number of hydrogen-bond acceptors (Lipinski definition) is 3. The summed E-state index contributed by atoms with van der Waals surface area (Å²) in [7, 11) is 0. The zero-order chi connectivity index (χ0) is 12.4. The Morgan fingerprint density at radius 2 is 2.06 bits per heavy atom. The average molecular weight is 242 g/mol. The summed E-state index contributed by atoms with van der Waals surface area (Å²) in [6.07, 6.45) is 3.65. The van der Waals surface area contributed by atoms with Gasteiger partial charge in [-0.25, -0.2) is 0 Å². The van der Waals surface area contributed by atoms with E-state index in [0.717, 1.165) is 30.0 Å². The first-order valence-electron chi connectivity index (χ1n) is 6.63. The number of nitrogens with one attached hydrogen (secondary N) is 1. The topological polar surface area (TPSA) is 38.1 Å². The van der Waals surface area contributed by atoms with Crippen LogP contribution < -0.4 is 5.32 Å². The van der Waals surface area contributed by atoms with E-state index in [9.17, 15) is 0 Å². The number of aromatic nitrogens is 1. The predicted molar refractivity (Wildman–Crippen MR) is 71.2 cm³/mol. The molecule has 18 heavy (non-hydrogen) atoms. The second-order valence-corrected chi connectivity index (χ2v) is 4.89. The molecule has 2 aromatic rings. The number of aryl methyl sites for hydroxylation is 1. The summed E-state index contributed by atoms with van der Waals surface area (Å²) in [4.78, 5) is 0. The van der Waals surface area contributed by atoms with Crippen molar-refractivity contribution in [3.63, 3.8) is 0 Å². The second kappa shape index (κ2) is 4.94. The number of hydrogen-bond donors (Lipinski definition) is 1. The van der Waals surface area contributed by atoms with Gasteiger partial charge in [0.05, 0.1) is 5.69 Å². The van der Waals surface area contributed by atoms with Crippen molar-refractivity contribution in [2.75, 3.05) is 0 Å². The van der Waals surface area contributed by atoms with Gasteiger partial charge in [-0.05, 0) is 24.8 Å². The smallest absolute Gasteiger partial charge is 0.167 e. The van der Waals surface area contributed by atoms with E-state index in [2.05, 4.69) is 41.7 Å². The molecule has 1 aromatic heterocycles. The summed E-state index contributed by atoms with van der Waals surface area (Å²) in [6, 6.07) is 11.2. The molecule has 3 nitrogen and oxygen atoms in total. The quantitative estimate of drug-likeness (QED) is 0.875. The largest absolute Gasteiger partial charge is 0.356 e. The van der Waals surface area contributed by atoms with Crippen LogP contribution in [0.3, 0.4) is 0 Å². The highest BCUT2D eigenvalue weighted by atomic mass is 16.5. The van der Waals surface area contributed by atoms with Crippen LogP contribution in [0.25, 0.3) is 11.3 Å². The van der Waals surface area contributed by atoms with Crippen LogP contribution in [-0.2, 0) is 13.0 Å². The molecule has 3 heteroatoms. The van der Waals surface area contributed by atoms with E-state index in [0.29, 0.717) is 6.04 Å². The Morgan fingerprint density at radius 3 is 2.72 bits per heavy atom. The average Bonchev–Trinajstić information content (AvgIpc) is 3.14. The fourth-order valence-corrected chi connectivity index (χ4v) is 1.97. The molecule has 1 fully saturated rings. The molecule has 1 aliphatic rings. The second-order valence-electron chi connectivity index (χ2n) is 4.89. The van der Waals surface area contributed by atoms with Crippen molar-refractivity contribution in [3.8, 4) is 11.3 Å². The minimum atomic E-state index is 0.703. The van der Waals surface area contributed by atoms with Crippen molar-refractivity contribution in [2.24, 2.45) is 0 Å². The highest BCUT2D eigenvalue weighted by molar-refractivity contribution is 5.57. The first kappa shape index (κ1) is 11.5. The van der Waals surface area contributed by atoms with Crippen molar-refractivity contribution in [1.29, 1.82) is 0 Å². The van der Waals surface area contributed by atoms with Gasteiger partial charge in [-0.1, -0.05) is 36.3 Å². The molecule has 0 radical (unpaired) electrons. The van der Waals surface area contributed by atoms with E-state index in [1.54, 1.807) is 0 Å². The summed E-state index contributed by atoms with van der Waals surface area (Å²) in [5, 5.41) is 7.53. The van der Waals surface area contributed by atoms with Gasteiger partial charge in [0.1, 0.15) is 0 Å². The Hall–Kier alpha value is -1.61. The van der Waals surface area contributed by atoms with Crippen molar-refractivity contribution < 1.29 is 4.52 Å². The lowest BCUT2D eigenvalue weighted by molar-refractivity contribution is 0.420. The van der Waals surface area contributed by atoms with Gasteiger partial charge in [-0.2, -0.15) is 0 Å². The SMILES string of the molecule is CCc1ccc(-c2cc(CNC3CC3)no2)cc1. The van der Waals surface area contributed by atoms with Crippen LogP contribution in [0.15, 0.2) is 34.9 Å². The molecule has 1 N–H and O–H groups in total. The van der Waals surface area contributed by atoms with Gasteiger partial charge in [-0.3, -0.25) is 0 Å². The monoisotopic (exact) mass is 242 g/mol. The van der Waals surface area contributed by atoms with E-state index < -0.39 is 0 Å². The van der Waals surface area contributed by atoms with Crippen LogP contribution >= 0.6 is 0 Å². The maximum atomic E-state index is 5.39. The normalized spacial score (nSPS) is 14.9. The third-order valence-corrected chi connectivity index (χ3v) is 3.35. The molecule has 1 saturated carbocycles. The van der Waals surface area contributed by atoms with Crippen molar-refractivity contribution >= 4 is 0 Å². The van der Waals surface area contributed by atoms with Gasteiger partial charge >= 0.3 is 0 Å². The molecule has 0 spiro atoms. The first-order valence-corrected chi connectivity index (χ1v) is 6.63. The maximum absolute atomic E-state index is 5.39. The molecule has 0 atom stereocenters. The van der Waals surface area contributed by atoms with Gasteiger partial charge in [-0.15, -0.1) is 0 Å². The number of nitrogens with zero attached hydrogens (tertiary/aromatic N) is 1. The van der Waals surface area contributed by atoms with E-state index >= 15 is 0 Å². The summed E-state index contributed by atoms with van der Waals surface area (Å²) in [5.74, 6) is 0.852. The molecule has 0 unspecified atom stereocenters. The molecule has 1 heterocycles. The van der Waals surface area contributed by atoms with Crippen LogP contribution in [0.4, 0.5) is 0 Å². The molecule has 0 saturated heterocycles. The van der Waals surface area contributed by atoms with Crippen LogP contribution in [0.1, 0.15) is 31.0 Å². The molecule has 0 amide bonds. The zero-order valence-corrected chi connectivity index (χ0v) is 10.6. The van der Waals surface area contributed by atoms with Crippen LogP contribution in [0.2, 0.25) is 0 Å². The van der Waals surface area contributed by atoms with Crippen LogP contribution in [0, 0.1) is 0 Å². The van der Waals surface area contributed by atoms with Gasteiger partial charge in [0.15, 0.2) is 5.76 Å². The highest BCUT2D eigenvalue weighted by Gasteiger charge is 2.20. The van der Waals surface area contributed by atoms with E-state index in [4.69, 9.17) is 4.52 Å². The lowest BCUT2D eigenvalue weighted by Gasteiger charge is -1.98. The predicted octanol–water partition coefficient (Wildman–Crippen LogP) is 3.16. The number of benzene rings is 1. The molecular formula is C15H18N2O. The lowest BCUT2D eigenvalue weighted by atomic mass is 10.1.